The molecule has 12 aromatic rings. The summed E-state index contributed by atoms with van der Waals surface area (Å²) in [6, 6.07) is 74.3. The summed E-state index contributed by atoms with van der Waals surface area (Å²) < 4.78 is 6.54. The zero-order valence-corrected chi connectivity index (χ0v) is 42.1. The third kappa shape index (κ3) is 9.25. The van der Waals surface area contributed by atoms with Crippen molar-refractivity contribution in [3.05, 3.63) is 284 Å². The van der Waals surface area contributed by atoms with Gasteiger partial charge in [0.1, 0.15) is 0 Å². The molecule has 1 aliphatic carbocycles. The Morgan fingerprint density at radius 1 is 0.324 bits per heavy atom. The van der Waals surface area contributed by atoms with Crippen molar-refractivity contribution in [2.24, 2.45) is 0 Å². The normalized spacial score (nSPS) is 10.9. The highest BCUT2D eigenvalue weighted by Crippen LogP contribution is 2.40. The van der Waals surface area contributed by atoms with Crippen LogP contribution in [0.2, 0.25) is 0 Å². The van der Waals surface area contributed by atoms with Crippen molar-refractivity contribution in [1.82, 2.24) is 9.13 Å². The molecule has 13 rings (SSSR count). The first-order valence-electron chi connectivity index (χ1n) is 23.4. The molecule has 0 fully saturated rings. The van der Waals surface area contributed by atoms with Crippen LogP contribution >= 0.6 is 31.9 Å². The molecular formula is C66H42Br2N6. The van der Waals surface area contributed by atoms with E-state index >= 15 is 0 Å². The molecule has 0 bridgehead atoms. The van der Waals surface area contributed by atoms with E-state index in [2.05, 4.69) is 224 Å². The second-order valence-electron chi connectivity index (χ2n) is 17.6. The fraction of sp³-hybridized carbons (Fsp3) is 0.0303. The van der Waals surface area contributed by atoms with Gasteiger partial charge in [-0.3, -0.25) is 0 Å². The maximum Gasteiger partial charge on any atom is 0.177 e. The Morgan fingerprint density at radius 2 is 0.622 bits per heavy atom. The standard InChI is InChI=1S/C38H22N4.C14H6Br2N2.C13H10.CH4/c1-39-27-19-25(20-28(23-27)40-2)26-21-29(41-35-15-7-3-11-31(35)32-12-4-8-16-36(32)41)24-30(22-26)42-37-17-9-5-13-33(37)34-14-6-10-18-38(34)42;1-17-13-5-10(6-14(8-13)18-2)9-3-11(15)7-12(16)4-9;1-3-7-12-10(5-1)9-11-6-2-4-8-13(11)12;/h3-24H;3-8H;1-8H,9H2;1H4. The minimum atomic E-state index is 0. The Balaban J connectivity index is 0.000000160. The molecule has 0 spiro atoms. The lowest BCUT2D eigenvalue weighted by Crippen LogP contribution is -2.00. The summed E-state index contributed by atoms with van der Waals surface area (Å²) in [5.74, 6) is 0. The minimum Gasteiger partial charge on any atom is -0.309 e. The Hall–Kier alpha value is -9.28. The number of benzene rings is 10. The summed E-state index contributed by atoms with van der Waals surface area (Å²) in [6.45, 7) is 29.4. The number of halogens is 2. The molecular weight excluding hydrogens is 1040 g/mol. The van der Waals surface area contributed by atoms with Gasteiger partial charge in [0, 0.05) is 41.9 Å². The number of nitrogens with zero attached hydrogens (tertiary/aromatic N) is 6. The minimum absolute atomic E-state index is 0. The van der Waals surface area contributed by atoms with Crippen molar-refractivity contribution >= 4 is 98.2 Å². The largest absolute Gasteiger partial charge is 0.309 e. The molecule has 1 aliphatic rings. The molecule has 0 aliphatic heterocycles. The number of hydrogen-bond donors (Lipinski definition) is 0. The predicted molar refractivity (Wildman–Crippen MR) is 314 cm³/mol. The molecule has 0 saturated heterocycles. The second kappa shape index (κ2) is 20.8. The van der Waals surface area contributed by atoms with Gasteiger partial charge in [-0.2, -0.15) is 0 Å². The topological polar surface area (TPSA) is 27.3 Å². The van der Waals surface area contributed by atoms with Gasteiger partial charge in [-0.25, -0.2) is 19.4 Å². The third-order valence-corrected chi connectivity index (χ3v) is 14.1. The molecule has 350 valence electrons. The Morgan fingerprint density at radius 3 is 0.973 bits per heavy atom. The summed E-state index contributed by atoms with van der Waals surface area (Å²) >= 11 is 6.86. The average Bonchev–Trinajstić information content (AvgIpc) is 4.11. The molecule has 0 amide bonds. The van der Waals surface area contributed by atoms with Crippen LogP contribution in [0.15, 0.2) is 227 Å². The van der Waals surface area contributed by atoms with Gasteiger partial charge >= 0.3 is 0 Å². The van der Waals surface area contributed by atoms with Crippen LogP contribution in [0, 0.1) is 26.3 Å². The monoisotopic (exact) mass is 1080 g/mol. The Kier molecular flexibility index (Phi) is 13.6. The number of rotatable bonds is 4. The Labute approximate surface area is 447 Å². The van der Waals surface area contributed by atoms with Crippen LogP contribution in [0.1, 0.15) is 18.6 Å². The molecule has 10 aromatic carbocycles. The van der Waals surface area contributed by atoms with Gasteiger partial charge in [0.05, 0.1) is 48.4 Å². The van der Waals surface area contributed by atoms with Gasteiger partial charge < -0.3 is 9.13 Å². The van der Waals surface area contributed by atoms with Crippen LogP contribution in [-0.4, -0.2) is 9.13 Å². The number of hydrogen-bond acceptors (Lipinski definition) is 0. The average molecular weight is 1080 g/mol. The van der Waals surface area contributed by atoms with Crippen LogP contribution in [0.5, 0.6) is 0 Å². The molecule has 0 atom stereocenters. The first kappa shape index (κ1) is 48.4. The van der Waals surface area contributed by atoms with Gasteiger partial charge in [-0.1, -0.05) is 197 Å². The van der Waals surface area contributed by atoms with Crippen molar-refractivity contribution in [1.29, 1.82) is 0 Å². The molecule has 6 nitrogen and oxygen atoms in total. The Bertz CT molecular complexity index is 3970. The highest BCUT2D eigenvalue weighted by atomic mass is 79.9. The van der Waals surface area contributed by atoms with E-state index in [1.54, 1.807) is 24.3 Å². The van der Waals surface area contributed by atoms with Crippen LogP contribution < -0.4 is 0 Å². The zero-order valence-electron chi connectivity index (χ0n) is 38.9. The van der Waals surface area contributed by atoms with Crippen molar-refractivity contribution < 1.29 is 0 Å². The van der Waals surface area contributed by atoms with Crippen molar-refractivity contribution in [3.63, 3.8) is 0 Å². The van der Waals surface area contributed by atoms with E-state index in [0.29, 0.717) is 22.7 Å². The summed E-state index contributed by atoms with van der Waals surface area (Å²) in [5.41, 5.74) is 17.8. The molecule has 8 heteroatoms. The molecule has 0 N–H and O–H groups in total. The van der Waals surface area contributed by atoms with Crippen LogP contribution in [0.3, 0.4) is 0 Å². The molecule has 2 heterocycles. The second-order valence-corrected chi connectivity index (χ2v) is 19.4. The quantitative estimate of drug-likeness (QED) is 0.157. The summed E-state index contributed by atoms with van der Waals surface area (Å²) in [4.78, 5) is 14.1. The van der Waals surface area contributed by atoms with Crippen LogP contribution in [-0.2, 0) is 6.42 Å². The summed E-state index contributed by atoms with van der Waals surface area (Å²) in [7, 11) is 0. The van der Waals surface area contributed by atoms with E-state index in [-0.39, 0.29) is 7.43 Å². The molecule has 0 unspecified atom stereocenters. The van der Waals surface area contributed by atoms with E-state index in [1.807, 2.05) is 30.3 Å². The van der Waals surface area contributed by atoms with Gasteiger partial charge in [0.2, 0.25) is 0 Å². The smallest absolute Gasteiger partial charge is 0.177 e. The maximum atomic E-state index is 7.66. The van der Waals surface area contributed by atoms with E-state index < -0.39 is 0 Å². The van der Waals surface area contributed by atoms with E-state index in [9.17, 15) is 0 Å². The van der Waals surface area contributed by atoms with Gasteiger partial charge in [0.25, 0.3) is 0 Å². The lowest BCUT2D eigenvalue weighted by atomic mass is 10.0. The number of fused-ring (bicyclic) bond motifs is 9. The molecule has 0 saturated carbocycles. The SMILES string of the molecule is C.[C-]#[N+]c1cc([N+]#[C-])cc(-c2cc(-n3c4ccccc4c4ccccc43)cc(-n3c4ccccc4c4ccccc43)c2)c1.[C-]#[N+]c1cc([N+]#[C-])cc(-c2cc(Br)cc(Br)c2)c1.c1ccc2c(c1)Cc1ccccc1-2. The molecule has 2 aromatic heterocycles. The fourth-order valence-electron chi connectivity index (χ4n) is 10.0. The van der Waals surface area contributed by atoms with Crippen molar-refractivity contribution in [2.75, 3.05) is 0 Å². The first-order chi connectivity index (χ1) is 35.8. The molecule has 0 radical (unpaired) electrons. The highest BCUT2D eigenvalue weighted by Gasteiger charge is 2.19. The van der Waals surface area contributed by atoms with Crippen LogP contribution in [0.25, 0.3) is 108 Å². The van der Waals surface area contributed by atoms with Crippen molar-refractivity contribution in [2.45, 2.75) is 13.8 Å². The number of aromatic nitrogens is 2. The van der Waals surface area contributed by atoms with E-state index in [0.717, 1.165) is 71.1 Å². The lowest BCUT2D eigenvalue weighted by Gasteiger charge is -2.16. The lowest BCUT2D eigenvalue weighted by molar-refractivity contribution is 1.13. The van der Waals surface area contributed by atoms with E-state index in [4.69, 9.17) is 26.3 Å². The third-order valence-electron chi connectivity index (χ3n) is 13.1. The van der Waals surface area contributed by atoms with Gasteiger partial charge in [-0.05, 0) is 112 Å². The molecule has 74 heavy (non-hydrogen) atoms. The van der Waals surface area contributed by atoms with Crippen molar-refractivity contribution in [3.8, 4) is 44.8 Å². The van der Waals surface area contributed by atoms with Gasteiger partial charge in [0.15, 0.2) is 22.7 Å². The highest BCUT2D eigenvalue weighted by molar-refractivity contribution is 9.11. The maximum absolute atomic E-state index is 7.66. The predicted octanol–water partition coefficient (Wildman–Crippen LogP) is 20.5. The summed E-state index contributed by atoms with van der Waals surface area (Å²) in [6.07, 6.45) is 1.10. The van der Waals surface area contributed by atoms with Gasteiger partial charge in [-0.15, -0.1) is 0 Å². The first-order valence-corrected chi connectivity index (χ1v) is 24.9. The van der Waals surface area contributed by atoms with E-state index in [1.165, 1.54) is 43.8 Å². The van der Waals surface area contributed by atoms with Crippen LogP contribution in [0.4, 0.5) is 22.7 Å². The number of para-hydroxylation sites is 4. The summed E-state index contributed by atoms with van der Waals surface area (Å²) in [5, 5.41) is 4.79. The zero-order chi connectivity index (χ0) is 50.0. The fourth-order valence-corrected chi connectivity index (χ4v) is 11.3.